The van der Waals surface area contributed by atoms with Gasteiger partial charge in [-0.2, -0.15) is 0 Å². The average Bonchev–Trinajstić information content (AvgIpc) is 3.19. The second kappa shape index (κ2) is 12.6. The molecular formula is C20H32IN5O2. The van der Waals surface area contributed by atoms with Gasteiger partial charge < -0.3 is 20.9 Å². The van der Waals surface area contributed by atoms with Crippen LogP contribution in [0.1, 0.15) is 39.2 Å². The van der Waals surface area contributed by atoms with Crippen LogP contribution in [-0.4, -0.2) is 48.9 Å². The van der Waals surface area contributed by atoms with Crippen LogP contribution in [0.5, 0.6) is 0 Å². The largest absolute Gasteiger partial charge is 0.357 e. The summed E-state index contributed by atoms with van der Waals surface area (Å²) < 4.78 is 0. The Labute approximate surface area is 184 Å². The Bertz CT molecular complexity index is 655. The fourth-order valence-corrected chi connectivity index (χ4v) is 2.73. The summed E-state index contributed by atoms with van der Waals surface area (Å²) in [6, 6.07) is 7.64. The number of amides is 2. The molecule has 1 heterocycles. The van der Waals surface area contributed by atoms with Gasteiger partial charge in [0.1, 0.15) is 0 Å². The molecule has 0 saturated carbocycles. The highest BCUT2D eigenvalue weighted by Crippen LogP contribution is 2.12. The highest BCUT2D eigenvalue weighted by molar-refractivity contribution is 14.0. The van der Waals surface area contributed by atoms with Gasteiger partial charge in [0.2, 0.25) is 11.8 Å². The van der Waals surface area contributed by atoms with Crippen LogP contribution in [0.3, 0.4) is 0 Å². The third-order valence-corrected chi connectivity index (χ3v) is 4.38. The molecule has 7 nitrogen and oxygen atoms in total. The van der Waals surface area contributed by atoms with Crippen molar-refractivity contribution in [2.24, 2.45) is 10.9 Å². The molecule has 0 aromatic heterocycles. The van der Waals surface area contributed by atoms with E-state index in [9.17, 15) is 9.59 Å². The summed E-state index contributed by atoms with van der Waals surface area (Å²) in [5, 5.41) is 9.14. The van der Waals surface area contributed by atoms with E-state index in [4.69, 9.17) is 0 Å². The standard InChI is InChI=1S/C20H31N5O2.HI/c1-4-21-20(23-14-18(26)25-11-5-6-12-25)22-13-16-7-9-17(10-8-16)24-19(27)15(2)3;/h7-10,15H,4-6,11-14H2,1-3H3,(H,24,27)(H2,21,22,23);1H. The van der Waals surface area contributed by atoms with Crippen molar-refractivity contribution in [3.63, 3.8) is 0 Å². The topological polar surface area (TPSA) is 85.8 Å². The van der Waals surface area contributed by atoms with E-state index >= 15 is 0 Å². The highest BCUT2D eigenvalue weighted by atomic mass is 127. The molecular weight excluding hydrogens is 469 g/mol. The normalized spacial score (nSPS) is 13.9. The number of benzene rings is 1. The molecule has 1 aromatic carbocycles. The van der Waals surface area contributed by atoms with Crippen molar-refractivity contribution in [3.05, 3.63) is 29.8 Å². The van der Waals surface area contributed by atoms with Crippen LogP contribution < -0.4 is 16.0 Å². The number of carbonyl (C=O) groups is 2. The van der Waals surface area contributed by atoms with Crippen LogP contribution in [0.15, 0.2) is 29.3 Å². The number of aliphatic imine (C=N–C) groups is 1. The number of anilines is 1. The predicted molar refractivity (Wildman–Crippen MR) is 124 cm³/mol. The fourth-order valence-electron chi connectivity index (χ4n) is 2.73. The predicted octanol–water partition coefficient (Wildman–Crippen LogP) is 2.58. The minimum absolute atomic E-state index is 0. The SMILES string of the molecule is CCNC(=NCc1ccc(NC(=O)C(C)C)cc1)NCC(=O)N1CCCC1.I. The maximum atomic E-state index is 12.1. The van der Waals surface area contributed by atoms with Crippen LogP contribution in [0.2, 0.25) is 0 Å². The summed E-state index contributed by atoms with van der Waals surface area (Å²) in [4.78, 5) is 30.3. The number of nitrogens with one attached hydrogen (secondary N) is 3. The Morgan fingerprint density at radius 1 is 1.11 bits per heavy atom. The van der Waals surface area contributed by atoms with Crippen molar-refractivity contribution < 1.29 is 9.59 Å². The average molecular weight is 501 g/mol. The van der Waals surface area contributed by atoms with Crippen molar-refractivity contribution in [2.45, 2.75) is 40.2 Å². The molecule has 1 aromatic rings. The lowest BCUT2D eigenvalue weighted by Crippen LogP contribution is -2.44. The molecule has 2 amide bonds. The first-order valence-corrected chi connectivity index (χ1v) is 9.69. The van der Waals surface area contributed by atoms with E-state index in [0.717, 1.165) is 43.7 Å². The van der Waals surface area contributed by atoms with Gasteiger partial charge in [0.15, 0.2) is 5.96 Å². The van der Waals surface area contributed by atoms with E-state index in [0.29, 0.717) is 12.5 Å². The lowest BCUT2D eigenvalue weighted by atomic mass is 10.2. The van der Waals surface area contributed by atoms with Gasteiger partial charge in [-0.3, -0.25) is 9.59 Å². The summed E-state index contributed by atoms with van der Waals surface area (Å²) in [6.45, 7) is 8.90. The molecule has 156 valence electrons. The van der Waals surface area contributed by atoms with Gasteiger partial charge >= 0.3 is 0 Å². The Hall–Kier alpha value is -1.84. The molecule has 1 aliphatic heterocycles. The lowest BCUT2D eigenvalue weighted by molar-refractivity contribution is -0.128. The third kappa shape index (κ3) is 8.04. The third-order valence-electron chi connectivity index (χ3n) is 4.38. The Balaban J connectivity index is 0.00000392. The monoisotopic (exact) mass is 501 g/mol. The Morgan fingerprint density at radius 2 is 1.75 bits per heavy atom. The number of carbonyl (C=O) groups excluding carboxylic acids is 2. The van der Waals surface area contributed by atoms with Crippen molar-refractivity contribution in [1.29, 1.82) is 0 Å². The van der Waals surface area contributed by atoms with Gasteiger partial charge in [0, 0.05) is 31.2 Å². The smallest absolute Gasteiger partial charge is 0.241 e. The van der Waals surface area contributed by atoms with E-state index in [1.54, 1.807) is 0 Å². The number of guanidine groups is 1. The van der Waals surface area contributed by atoms with E-state index in [2.05, 4.69) is 20.9 Å². The fraction of sp³-hybridized carbons (Fsp3) is 0.550. The zero-order valence-corrected chi connectivity index (χ0v) is 19.3. The molecule has 28 heavy (non-hydrogen) atoms. The maximum Gasteiger partial charge on any atom is 0.241 e. The molecule has 1 saturated heterocycles. The van der Waals surface area contributed by atoms with E-state index in [1.807, 2.05) is 49.9 Å². The molecule has 2 rings (SSSR count). The molecule has 0 unspecified atom stereocenters. The molecule has 1 aliphatic rings. The number of hydrogen-bond donors (Lipinski definition) is 3. The first-order chi connectivity index (χ1) is 13.0. The van der Waals surface area contributed by atoms with Crippen molar-refractivity contribution in [1.82, 2.24) is 15.5 Å². The number of halogens is 1. The van der Waals surface area contributed by atoms with Crippen molar-refractivity contribution in [2.75, 3.05) is 31.5 Å². The zero-order chi connectivity index (χ0) is 19.6. The Kier molecular flexibility index (Phi) is 10.9. The molecule has 0 aliphatic carbocycles. The van der Waals surface area contributed by atoms with Gasteiger partial charge in [0.25, 0.3) is 0 Å². The van der Waals surface area contributed by atoms with Gasteiger partial charge in [-0.25, -0.2) is 4.99 Å². The van der Waals surface area contributed by atoms with Crippen LogP contribution in [0.25, 0.3) is 0 Å². The molecule has 8 heteroatoms. The summed E-state index contributed by atoms with van der Waals surface area (Å²) in [5.41, 5.74) is 1.81. The van der Waals surface area contributed by atoms with Crippen LogP contribution >= 0.6 is 24.0 Å². The van der Waals surface area contributed by atoms with Crippen LogP contribution in [0, 0.1) is 5.92 Å². The molecule has 1 fully saturated rings. The summed E-state index contributed by atoms with van der Waals surface area (Å²) in [7, 11) is 0. The van der Waals surface area contributed by atoms with Crippen LogP contribution in [0.4, 0.5) is 5.69 Å². The second-order valence-electron chi connectivity index (χ2n) is 6.98. The molecule has 0 radical (unpaired) electrons. The molecule has 0 atom stereocenters. The van der Waals surface area contributed by atoms with E-state index < -0.39 is 0 Å². The summed E-state index contributed by atoms with van der Waals surface area (Å²) >= 11 is 0. The minimum atomic E-state index is -0.0497. The van der Waals surface area contributed by atoms with Crippen molar-refractivity contribution in [3.8, 4) is 0 Å². The second-order valence-corrected chi connectivity index (χ2v) is 6.98. The molecule has 0 bridgehead atoms. The Morgan fingerprint density at radius 3 is 2.32 bits per heavy atom. The number of nitrogens with zero attached hydrogens (tertiary/aromatic N) is 2. The van der Waals surface area contributed by atoms with Gasteiger partial charge in [-0.1, -0.05) is 26.0 Å². The number of likely N-dealkylation sites (tertiary alicyclic amines) is 1. The maximum absolute atomic E-state index is 12.1. The first kappa shape index (κ1) is 24.2. The number of hydrogen-bond acceptors (Lipinski definition) is 3. The molecule has 3 N–H and O–H groups in total. The van der Waals surface area contributed by atoms with Gasteiger partial charge in [0.05, 0.1) is 13.1 Å². The summed E-state index contributed by atoms with van der Waals surface area (Å²) in [5.74, 6) is 0.693. The molecule has 0 spiro atoms. The van der Waals surface area contributed by atoms with Gasteiger partial charge in [-0.05, 0) is 37.5 Å². The highest BCUT2D eigenvalue weighted by Gasteiger charge is 2.17. The van der Waals surface area contributed by atoms with Gasteiger partial charge in [-0.15, -0.1) is 24.0 Å². The minimum Gasteiger partial charge on any atom is -0.357 e. The van der Waals surface area contributed by atoms with Crippen LogP contribution in [-0.2, 0) is 16.1 Å². The summed E-state index contributed by atoms with van der Waals surface area (Å²) in [6.07, 6.45) is 2.18. The lowest BCUT2D eigenvalue weighted by Gasteiger charge is -2.17. The quantitative estimate of drug-likeness (QED) is 0.305. The first-order valence-electron chi connectivity index (χ1n) is 9.69. The zero-order valence-electron chi connectivity index (χ0n) is 17.0. The van der Waals surface area contributed by atoms with Crippen molar-refractivity contribution >= 4 is 47.4 Å². The number of rotatable bonds is 7. The van der Waals surface area contributed by atoms with E-state index in [1.165, 1.54) is 0 Å². The van der Waals surface area contributed by atoms with E-state index in [-0.39, 0.29) is 48.3 Å².